The lowest BCUT2D eigenvalue weighted by molar-refractivity contribution is 0.0975. The highest BCUT2D eigenvalue weighted by molar-refractivity contribution is 6.12. The lowest BCUT2D eigenvalue weighted by Crippen LogP contribution is -2.43. The molecule has 3 aromatic carbocycles. The maximum absolute atomic E-state index is 13.4. The third-order valence-corrected chi connectivity index (χ3v) is 5.22. The number of benzene rings is 3. The topological polar surface area (TPSA) is 41.6 Å². The number of rotatable bonds is 6. The van der Waals surface area contributed by atoms with E-state index in [-0.39, 0.29) is 12.1 Å². The second kappa shape index (κ2) is 8.39. The largest absolute Gasteiger partial charge is 0.494 e. The predicted molar refractivity (Wildman–Crippen MR) is 118 cm³/mol. The van der Waals surface area contributed by atoms with Gasteiger partial charge in [-0.2, -0.15) is 0 Å². The van der Waals surface area contributed by atoms with E-state index >= 15 is 0 Å². The van der Waals surface area contributed by atoms with Crippen LogP contribution in [0.4, 0.5) is 11.4 Å². The number of carbonyl (C=O) groups is 1. The summed E-state index contributed by atoms with van der Waals surface area (Å²) in [5, 5.41) is 3.55. The molecule has 1 heterocycles. The van der Waals surface area contributed by atoms with Crippen molar-refractivity contribution in [3.8, 4) is 5.75 Å². The van der Waals surface area contributed by atoms with Crippen molar-refractivity contribution in [3.63, 3.8) is 0 Å². The van der Waals surface area contributed by atoms with Gasteiger partial charge in [0.1, 0.15) is 11.9 Å². The summed E-state index contributed by atoms with van der Waals surface area (Å²) in [6.07, 6.45) is 1.65. The van der Waals surface area contributed by atoms with Crippen molar-refractivity contribution in [1.82, 2.24) is 0 Å². The molecule has 29 heavy (non-hydrogen) atoms. The molecule has 4 rings (SSSR count). The van der Waals surface area contributed by atoms with Gasteiger partial charge in [0.05, 0.1) is 12.2 Å². The SMILES string of the molecule is CCCOc1ccc(C2Nc3ccccc3C(=O)N2c2ccc(CC)cc2)cc1. The van der Waals surface area contributed by atoms with Gasteiger partial charge in [0, 0.05) is 11.4 Å². The number of ether oxygens (including phenoxy) is 1. The summed E-state index contributed by atoms with van der Waals surface area (Å²) in [6, 6.07) is 23.9. The molecule has 0 bridgehead atoms. The number of nitrogens with zero attached hydrogens (tertiary/aromatic N) is 1. The fourth-order valence-electron chi connectivity index (χ4n) is 3.61. The lowest BCUT2D eigenvalue weighted by atomic mass is 10.0. The molecule has 4 heteroatoms. The van der Waals surface area contributed by atoms with E-state index < -0.39 is 0 Å². The molecule has 4 nitrogen and oxygen atoms in total. The molecule has 0 radical (unpaired) electrons. The first-order valence-electron chi connectivity index (χ1n) is 10.2. The fourth-order valence-corrected chi connectivity index (χ4v) is 3.61. The van der Waals surface area contributed by atoms with Crippen molar-refractivity contribution in [1.29, 1.82) is 0 Å². The Balaban J connectivity index is 1.73. The van der Waals surface area contributed by atoms with Gasteiger partial charge >= 0.3 is 0 Å². The molecule has 0 spiro atoms. The molecule has 0 fully saturated rings. The van der Waals surface area contributed by atoms with Gasteiger partial charge in [0.25, 0.3) is 5.91 Å². The minimum Gasteiger partial charge on any atom is -0.494 e. The average Bonchev–Trinajstić information content (AvgIpc) is 2.78. The zero-order valence-electron chi connectivity index (χ0n) is 16.9. The summed E-state index contributed by atoms with van der Waals surface area (Å²) < 4.78 is 5.71. The van der Waals surface area contributed by atoms with Gasteiger partial charge in [-0.05, 0) is 60.4 Å². The molecule has 1 N–H and O–H groups in total. The zero-order chi connectivity index (χ0) is 20.2. The Morgan fingerprint density at radius 1 is 0.931 bits per heavy atom. The van der Waals surface area contributed by atoms with Crippen LogP contribution in [0.2, 0.25) is 0 Å². The van der Waals surface area contributed by atoms with E-state index in [1.54, 1.807) is 0 Å². The van der Waals surface area contributed by atoms with Gasteiger partial charge in [-0.1, -0.05) is 50.2 Å². The van der Waals surface area contributed by atoms with Gasteiger partial charge < -0.3 is 10.1 Å². The van der Waals surface area contributed by atoms with Gasteiger partial charge in [-0.3, -0.25) is 9.69 Å². The van der Waals surface area contributed by atoms with Crippen LogP contribution in [0, 0.1) is 0 Å². The monoisotopic (exact) mass is 386 g/mol. The molecule has 1 amide bonds. The number of carbonyl (C=O) groups excluding carboxylic acids is 1. The van der Waals surface area contributed by atoms with E-state index in [2.05, 4.69) is 31.3 Å². The normalized spacial score (nSPS) is 15.6. The van der Waals surface area contributed by atoms with Crippen LogP contribution in [-0.2, 0) is 6.42 Å². The fraction of sp³-hybridized carbons (Fsp3) is 0.240. The Morgan fingerprint density at radius 2 is 1.66 bits per heavy atom. The summed E-state index contributed by atoms with van der Waals surface area (Å²) in [5.41, 5.74) is 4.68. The number of fused-ring (bicyclic) bond motifs is 1. The number of hydrogen-bond donors (Lipinski definition) is 1. The van der Waals surface area contributed by atoms with Crippen molar-refractivity contribution in [3.05, 3.63) is 89.5 Å². The third-order valence-electron chi connectivity index (χ3n) is 5.22. The maximum Gasteiger partial charge on any atom is 0.262 e. The Bertz CT molecular complexity index is 980. The molecular formula is C25H26N2O2. The molecular weight excluding hydrogens is 360 g/mol. The summed E-state index contributed by atoms with van der Waals surface area (Å²) in [6.45, 7) is 4.91. The molecule has 0 aliphatic carbocycles. The van der Waals surface area contributed by atoms with Gasteiger partial charge in [0.2, 0.25) is 0 Å². The Hall–Kier alpha value is -3.27. The third kappa shape index (κ3) is 3.83. The minimum atomic E-state index is -0.287. The summed E-state index contributed by atoms with van der Waals surface area (Å²) in [5.74, 6) is 0.844. The van der Waals surface area contributed by atoms with Crippen LogP contribution in [0.5, 0.6) is 5.75 Å². The highest BCUT2D eigenvalue weighted by Gasteiger charge is 2.33. The lowest BCUT2D eigenvalue weighted by Gasteiger charge is -2.38. The zero-order valence-corrected chi connectivity index (χ0v) is 16.9. The standard InChI is InChI=1S/C25H26N2O2/c1-3-17-29-21-15-11-19(12-16-21)24-26-23-8-6-5-7-22(23)25(28)27(24)20-13-9-18(4-2)10-14-20/h5-16,24,26H,3-4,17H2,1-2H3. The first-order valence-corrected chi connectivity index (χ1v) is 10.2. The minimum absolute atomic E-state index is 0.0000852. The van der Waals surface area contributed by atoms with E-state index in [0.717, 1.165) is 35.5 Å². The molecule has 0 saturated heterocycles. The summed E-state index contributed by atoms with van der Waals surface area (Å²) in [7, 11) is 0. The highest BCUT2D eigenvalue weighted by atomic mass is 16.5. The first kappa shape index (κ1) is 19.1. The smallest absolute Gasteiger partial charge is 0.262 e. The number of aryl methyl sites for hydroxylation is 1. The van der Waals surface area contributed by atoms with Crippen LogP contribution in [0.3, 0.4) is 0 Å². The Morgan fingerprint density at radius 3 is 2.34 bits per heavy atom. The average molecular weight is 386 g/mol. The van der Waals surface area contributed by atoms with Crippen molar-refractivity contribution < 1.29 is 9.53 Å². The Kier molecular flexibility index (Phi) is 5.52. The number of anilines is 2. The molecule has 0 aromatic heterocycles. The van der Waals surface area contributed by atoms with Crippen LogP contribution in [0.25, 0.3) is 0 Å². The second-order valence-electron chi connectivity index (χ2n) is 7.21. The quantitative estimate of drug-likeness (QED) is 0.581. The highest BCUT2D eigenvalue weighted by Crippen LogP contribution is 2.37. The molecule has 3 aromatic rings. The molecule has 0 saturated carbocycles. The number of para-hydroxylation sites is 1. The molecule has 148 valence electrons. The van der Waals surface area contributed by atoms with E-state index in [1.165, 1.54) is 5.56 Å². The van der Waals surface area contributed by atoms with E-state index in [0.29, 0.717) is 12.2 Å². The van der Waals surface area contributed by atoms with Gasteiger partial charge in [-0.25, -0.2) is 0 Å². The predicted octanol–water partition coefficient (Wildman–Crippen LogP) is 5.81. The molecule has 1 aliphatic rings. The van der Waals surface area contributed by atoms with Crippen molar-refractivity contribution >= 4 is 17.3 Å². The van der Waals surface area contributed by atoms with E-state index in [4.69, 9.17) is 4.74 Å². The van der Waals surface area contributed by atoms with Gasteiger partial charge in [-0.15, -0.1) is 0 Å². The van der Waals surface area contributed by atoms with Crippen LogP contribution in [0.1, 0.15) is 47.9 Å². The van der Waals surface area contributed by atoms with E-state index in [9.17, 15) is 4.79 Å². The molecule has 1 atom stereocenters. The Labute approximate surface area is 172 Å². The number of amides is 1. The van der Waals surface area contributed by atoms with Crippen molar-refractivity contribution in [2.24, 2.45) is 0 Å². The maximum atomic E-state index is 13.4. The van der Waals surface area contributed by atoms with Crippen LogP contribution < -0.4 is 15.0 Å². The second-order valence-corrected chi connectivity index (χ2v) is 7.21. The van der Waals surface area contributed by atoms with E-state index in [1.807, 2.05) is 65.6 Å². The first-order chi connectivity index (χ1) is 14.2. The molecule has 1 aliphatic heterocycles. The van der Waals surface area contributed by atoms with Crippen LogP contribution in [-0.4, -0.2) is 12.5 Å². The number of nitrogens with one attached hydrogen (secondary N) is 1. The van der Waals surface area contributed by atoms with Crippen molar-refractivity contribution in [2.45, 2.75) is 32.9 Å². The summed E-state index contributed by atoms with van der Waals surface area (Å²) in [4.78, 5) is 15.3. The van der Waals surface area contributed by atoms with Crippen LogP contribution >= 0.6 is 0 Å². The van der Waals surface area contributed by atoms with Crippen molar-refractivity contribution in [2.75, 3.05) is 16.8 Å². The van der Waals surface area contributed by atoms with Crippen LogP contribution in [0.15, 0.2) is 72.8 Å². The number of hydrogen-bond acceptors (Lipinski definition) is 3. The molecule has 1 unspecified atom stereocenters. The summed E-state index contributed by atoms with van der Waals surface area (Å²) >= 11 is 0. The van der Waals surface area contributed by atoms with Gasteiger partial charge in [0.15, 0.2) is 0 Å².